The number of aliphatic imine (C=N–C) groups is 1. The van der Waals surface area contributed by atoms with E-state index in [1.807, 2.05) is 67.7 Å². The second-order valence-corrected chi connectivity index (χ2v) is 8.58. The van der Waals surface area contributed by atoms with Crippen LogP contribution in [-0.4, -0.2) is 13.3 Å². The molecular formula is C22H18BrClINO2. The SMILES string of the molecule is COc1cc(C=Nc2cccc(Cl)c2C)cc(I)c1OCc1ccc(Br)cc1. The first-order valence-corrected chi connectivity index (χ1v) is 10.8. The van der Waals surface area contributed by atoms with Crippen molar-refractivity contribution in [2.75, 3.05) is 7.11 Å². The van der Waals surface area contributed by atoms with Crippen molar-refractivity contribution in [2.45, 2.75) is 13.5 Å². The number of methoxy groups -OCH3 is 1. The highest BCUT2D eigenvalue weighted by Gasteiger charge is 2.12. The van der Waals surface area contributed by atoms with Gasteiger partial charge in [0, 0.05) is 15.7 Å². The molecule has 0 saturated heterocycles. The Labute approximate surface area is 192 Å². The molecule has 0 aliphatic carbocycles. The van der Waals surface area contributed by atoms with Crippen LogP contribution in [0.1, 0.15) is 16.7 Å². The lowest BCUT2D eigenvalue weighted by molar-refractivity contribution is 0.282. The molecule has 0 fully saturated rings. The molecule has 0 atom stereocenters. The first-order chi connectivity index (χ1) is 13.5. The van der Waals surface area contributed by atoms with Crippen molar-refractivity contribution in [3.8, 4) is 11.5 Å². The van der Waals surface area contributed by atoms with Crippen LogP contribution in [0.5, 0.6) is 11.5 Å². The summed E-state index contributed by atoms with van der Waals surface area (Å²) < 4.78 is 13.6. The number of halogens is 3. The molecule has 0 heterocycles. The summed E-state index contributed by atoms with van der Waals surface area (Å²) in [5, 5.41) is 0.707. The lowest BCUT2D eigenvalue weighted by atomic mass is 10.2. The lowest BCUT2D eigenvalue weighted by Crippen LogP contribution is -2.00. The Hall–Kier alpha value is -1.57. The Morgan fingerprint density at radius 2 is 1.89 bits per heavy atom. The molecule has 0 aromatic heterocycles. The maximum Gasteiger partial charge on any atom is 0.174 e. The number of benzene rings is 3. The monoisotopic (exact) mass is 569 g/mol. The molecule has 3 rings (SSSR count). The largest absolute Gasteiger partial charge is 0.493 e. The molecule has 3 nitrogen and oxygen atoms in total. The highest BCUT2D eigenvalue weighted by atomic mass is 127. The summed E-state index contributed by atoms with van der Waals surface area (Å²) in [5.74, 6) is 1.40. The fourth-order valence-corrected chi connectivity index (χ4v) is 3.79. The van der Waals surface area contributed by atoms with E-state index >= 15 is 0 Å². The van der Waals surface area contributed by atoms with E-state index in [0.29, 0.717) is 17.4 Å². The molecule has 0 N–H and O–H groups in total. The van der Waals surface area contributed by atoms with Gasteiger partial charge in [-0.15, -0.1) is 0 Å². The van der Waals surface area contributed by atoms with Crippen LogP contribution >= 0.6 is 50.1 Å². The summed E-state index contributed by atoms with van der Waals surface area (Å²) in [6.07, 6.45) is 1.81. The third-order valence-electron chi connectivity index (χ3n) is 4.14. The van der Waals surface area contributed by atoms with Gasteiger partial charge in [0.05, 0.1) is 16.4 Å². The molecular weight excluding hydrogens is 553 g/mol. The van der Waals surface area contributed by atoms with Crippen molar-refractivity contribution in [3.63, 3.8) is 0 Å². The smallest absolute Gasteiger partial charge is 0.174 e. The lowest BCUT2D eigenvalue weighted by Gasteiger charge is -2.13. The van der Waals surface area contributed by atoms with E-state index < -0.39 is 0 Å². The van der Waals surface area contributed by atoms with E-state index in [2.05, 4.69) is 43.5 Å². The number of ether oxygens (including phenoxy) is 2. The average molecular weight is 571 g/mol. The van der Waals surface area contributed by atoms with Crippen LogP contribution in [0.15, 0.2) is 64.1 Å². The highest BCUT2D eigenvalue weighted by molar-refractivity contribution is 14.1. The molecule has 0 aliphatic rings. The zero-order chi connectivity index (χ0) is 20.1. The van der Waals surface area contributed by atoms with Gasteiger partial charge < -0.3 is 9.47 Å². The summed E-state index contributed by atoms with van der Waals surface area (Å²) in [7, 11) is 1.64. The van der Waals surface area contributed by atoms with Crippen LogP contribution in [0.2, 0.25) is 5.02 Å². The van der Waals surface area contributed by atoms with Crippen LogP contribution in [-0.2, 0) is 6.61 Å². The first-order valence-electron chi connectivity index (χ1n) is 8.52. The molecule has 144 valence electrons. The van der Waals surface area contributed by atoms with E-state index in [1.165, 1.54) is 0 Å². The summed E-state index contributed by atoms with van der Waals surface area (Å²) in [4.78, 5) is 4.57. The third kappa shape index (κ3) is 5.27. The van der Waals surface area contributed by atoms with Crippen LogP contribution in [0.4, 0.5) is 5.69 Å². The summed E-state index contributed by atoms with van der Waals surface area (Å²) in [6.45, 7) is 2.42. The molecule has 3 aromatic rings. The minimum atomic E-state index is 0.467. The van der Waals surface area contributed by atoms with Gasteiger partial charge in [0.2, 0.25) is 0 Å². The topological polar surface area (TPSA) is 30.8 Å². The van der Waals surface area contributed by atoms with Crippen LogP contribution in [0.25, 0.3) is 0 Å². The maximum atomic E-state index is 6.17. The molecule has 0 aliphatic heterocycles. The quantitative estimate of drug-likeness (QED) is 0.229. The molecule has 3 aromatic carbocycles. The van der Waals surface area contributed by atoms with E-state index in [-0.39, 0.29) is 0 Å². The number of nitrogens with zero attached hydrogens (tertiary/aromatic N) is 1. The van der Waals surface area contributed by atoms with Crippen molar-refractivity contribution in [2.24, 2.45) is 4.99 Å². The Morgan fingerprint density at radius 3 is 2.61 bits per heavy atom. The molecule has 0 unspecified atom stereocenters. The minimum absolute atomic E-state index is 0.467. The Morgan fingerprint density at radius 1 is 1.14 bits per heavy atom. The van der Waals surface area contributed by atoms with E-state index in [9.17, 15) is 0 Å². The van der Waals surface area contributed by atoms with Gasteiger partial charge in [-0.05, 0) is 82.6 Å². The van der Waals surface area contributed by atoms with Gasteiger partial charge in [0.25, 0.3) is 0 Å². The van der Waals surface area contributed by atoms with Crippen molar-refractivity contribution < 1.29 is 9.47 Å². The van der Waals surface area contributed by atoms with Crippen molar-refractivity contribution >= 4 is 62.0 Å². The molecule has 0 amide bonds. The van der Waals surface area contributed by atoms with Crippen molar-refractivity contribution in [3.05, 3.63) is 84.4 Å². The van der Waals surface area contributed by atoms with Gasteiger partial charge in [-0.1, -0.05) is 45.7 Å². The third-order valence-corrected chi connectivity index (χ3v) is 5.88. The Balaban J connectivity index is 1.81. The summed E-state index contributed by atoms with van der Waals surface area (Å²) in [6, 6.07) is 17.7. The molecule has 0 saturated carbocycles. The molecule has 0 spiro atoms. The normalized spacial score (nSPS) is 11.0. The van der Waals surface area contributed by atoms with Gasteiger partial charge in [0.15, 0.2) is 11.5 Å². The predicted octanol–water partition coefficient (Wildman–Crippen LogP) is 7.35. The molecule has 0 bridgehead atoms. The average Bonchev–Trinajstić information content (AvgIpc) is 2.69. The van der Waals surface area contributed by atoms with E-state index in [0.717, 1.165) is 36.2 Å². The standard InChI is InChI=1S/C22H18BrClINO2/c1-14-18(24)4-3-5-20(14)26-12-16-10-19(25)22(21(11-16)27-2)28-13-15-6-8-17(23)9-7-15/h3-12H,13H2,1-2H3. The van der Waals surface area contributed by atoms with Gasteiger partial charge in [-0.2, -0.15) is 0 Å². The van der Waals surface area contributed by atoms with E-state index in [1.54, 1.807) is 7.11 Å². The van der Waals surface area contributed by atoms with Gasteiger partial charge in [-0.3, -0.25) is 4.99 Å². The highest BCUT2D eigenvalue weighted by Crippen LogP contribution is 2.34. The summed E-state index contributed by atoms with van der Waals surface area (Å²) >= 11 is 11.9. The second kappa shape index (κ2) is 9.76. The molecule has 28 heavy (non-hydrogen) atoms. The van der Waals surface area contributed by atoms with Crippen LogP contribution < -0.4 is 9.47 Å². The summed E-state index contributed by atoms with van der Waals surface area (Å²) in [5.41, 5.74) is 3.81. The molecule has 0 radical (unpaired) electrons. The number of rotatable bonds is 6. The minimum Gasteiger partial charge on any atom is -0.493 e. The number of hydrogen-bond acceptors (Lipinski definition) is 3. The fraction of sp³-hybridized carbons (Fsp3) is 0.136. The van der Waals surface area contributed by atoms with Crippen molar-refractivity contribution in [1.29, 1.82) is 0 Å². The fourth-order valence-electron chi connectivity index (χ4n) is 2.57. The zero-order valence-electron chi connectivity index (χ0n) is 15.4. The Bertz CT molecular complexity index is 1010. The van der Waals surface area contributed by atoms with Gasteiger partial charge in [0.1, 0.15) is 6.61 Å². The predicted molar refractivity (Wildman–Crippen MR) is 128 cm³/mol. The first kappa shape index (κ1) is 21.1. The number of hydrogen-bond donors (Lipinski definition) is 0. The van der Waals surface area contributed by atoms with E-state index in [4.69, 9.17) is 21.1 Å². The Kier molecular flexibility index (Phi) is 7.37. The molecule has 6 heteroatoms. The maximum absolute atomic E-state index is 6.17. The zero-order valence-corrected chi connectivity index (χ0v) is 19.9. The van der Waals surface area contributed by atoms with Crippen LogP contribution in [0, 0.1) is 10.5 Å². The van der Waals surface area contributed by atoms with Crippen molar-refractivity contribution in [1.82, 2.24) is 0 Å². The van der Waals surface area contributed by atoms with Gasteiger partial charge >= 0.3 is 0 Å². The van der Waals surface area contributed by atoms with Crippen LogP contribution in [0.3, 0.4) is 0 Å². The second-order valence-electron chi connectivity index (χ2n) is 6.09. The van der Waals surface area contributed by atoms with Gasteiger partial charge in [-0.25, -0.2) is 0 Å².